The second-order valence-corrected chi connectivity index (χ2v) is 7.99. The molecule has 0 atom stereocenters. The van der Waals surface area contributed by atoms with E-state index < -0.39 is 10.0 Å². The van der Waals surface area contributed by atoms with E-state index in [0.717, 1.165) is 5.75 Å². The van der Waals surface area contributed by atoms with E-state index in [1.807, 2.05) is 18.2 Å². The number of thiocarbonyl (C=S) groups is 1. The zero-order valence-corrected chi connectivity index (χ0v) is 12.5. The van der Waals surface area contributed by atoms with Gasteiger partial charge in [-0.3, -0.25) is 0 Å². The minimum absolute atomic E-state index is 0. The van der Waals surface area contributed by atoms with E-state index in [2.05, 4.69) is 24.6 Å². The third-order valence-corrected chi connectivity index (χ3v) is 5.41. The molecule has 0 spiro atoms. The number of hydrogen-bond acceptors (Lipinski definition) is 1. The largest absolute Gasteiger partial charge is 2.00 e. The quantitative estimate of drug-likeness (QED) is 0.648. The summed E-state index contributed by atoms with van der Waals surface area (Å²) in [5, 5.41) is 0. The molecule has 14 heavy (non-hydrogen) atoms. The van der Waals surface area contributed by atoms with E-state index in [4.69, 9.17) is 18.0 Å². The van der Waals surface area contributed by atoms with Crippen LogP contribution in [0.4, 0.5) is 0 Å². The topological polar surface area (TPSA) is 26.0 Å². The van der Waals surface area contributed by atoms with E-state index in [1.54, 1.807) is 0 Å². The number of benzene rings is 1. The molecule has 0 unspecified atom stereocenters. The number of rotatable bonds is 2. The van der Waals surface area contributed by atoms with Crippen molar-refractivity contribution in [3.63, 3.8) is 0 Å². The molecule has 0 aromatic heterocycles. The third-order valence-electron chi connectivity index (χ3n) is 1.91. The fourth-order valence-corrected chi connectivity index (χ4v) is 2.41. The average Bonchev–Trinajstić information content (AvgIpc) is 2.05. The third kappa shape index (κ3) is 4.49. The smallest absolute Gasteiger partial charge is 1.00 e. The van der Waals surface area contributed by atoms with E-state index in [9.17, 15) is 0 Å². The molecule has 0 amide bonds. The Kier molecular flexibility index (Phi) is 6.66. The normalized spacial score (nSPS) is 11.6. The van der Waals surface area contributed by atoms with Gasteiger partial charge in [0.25, 0.3) is 0 Å². The van der Waals surface area contributed by atoms with Crippen LogP contribution in [0.1, 0.15) is 8.42 Å². The van der Waals surface area contributed by atoms with Gasteiger partial charge in [-0.05, 0) is 18.1 Å². The van der Waals surface area contributed by atoms with Crippen molar-refractivity contribution in [2.24, 2.45) is 5.73 Å². The summed E-state index contributed by atoms with van der Waals surface area (Å²) < 4.78 is 0.663. The van der Waals surface area contributed by atoms with E-state index >= 15 is 0 Å². The van der Waals surface area contributed by atoms with Crippen LogP contribution in [0.3, 0.4) is 0 Å². The summed E-state index contributed by atoms with van der Waals surface area (Å²) >= 11 is 5.05. The fourth-order valence-electron chi connectivity index (χ4n) is 1.06. The maximum atomic E-state index is 5.69. The Bertz CT molecular complexity index is 307. The zero-order valence-electron chi connectivity index (χ0n) is 10.7. The van der Waals surface area contributed by atoms with Crippen LogP contribution in [0, 0.1) is 0 Å². The van der Waals surface area contributed by atoms with Gasteiger partial charge in [0.15, 0.2) is 0 Å². The van der Waals surface area contributed by atoms with Crippen LogP contribution in [0.15, 0.2) is 30.3 Å². The van der Waals surface area contributed by atoms with Gasteiger partial charge in [-0.1, -0.05) is 42.5 Å². The van der Waals surface area contributed by atoms with Crippen LogP contribution in [0.2, 0.25) is 0 Å². The van der Waals surface area contributed by atoms with Crippen molar-refractivity contribution in [3.05, 3.63) is 35.9 Å². The summed E-state index contributed by atoms with van der Waals surface area (Å²) in [4.78, 5) is 0. The monoisotopic (exact) mass is 255 g/mol. The Morgan fingerprint density at radius 2 is 1.86 bits per heavy atom. The van der Waals surface area contributed by atoms with Crippen LogP contribution >= 0.6 is 22.2 Å². The molecule has 0 aliphatic carbocycles. The molecule has 76 valence electrons. The van der Waals surface area contributed by atoms with Crippen molar-refractivity contribution < 1.29 is 2.85 Å². The van der Waals surface area contributed by atoms with Crippen molar-refractivity contribution in [2.45, 2.75) is 5.75 Å². The van der Waals surface area contributed by atoms with Gasteiger partial charge in [-0.2, -0.15) is 10.0 Å². The van der Waals surface area contributed by atoms with Gasteiger partial charge in [-0.15, -0.1) is 0 Å². The van der Waals surface area contributed by atoms with Crippen molar-refractivity contribution >= 4 is 64.3 Å². The Balaban J connectivity index is -0.000000563. The molecule has 0 aliphatic heterocycles. The first kappa shape index (κ1) is 14.7. The van der Waals surface area contributed by atoms with E-state index in [1.165, 1.54) is 5.56 Å². The summed E-state index contributed by atoms with van der Waals surface area (Å²) in [6.07, 6.45) is 4.31. The molecule has 0 heterocycles. The molecule has 1 nitrogen and oxygen atoms in total. The maximum absolute atomic E-state index is 5.69. The first-order valence-corrected chi connectivity index (χ1v) is 7.09. The minimum atomic E-state index is -0.942. The second kappa shape index (κ2) is 6.33. The molecule has 4 heteroatoms. The van der Waals surface area contributed by atoms with Gasteiger partial charge >= 0.3 is 37.7 Å². The average molecular weight is 255 g/mol. The molecule has 1 rings (SSSR count). The Morgan fingerprint density at radius 1 is 1.36 bits per heavy atom. The van der Waals surface area contributed by atoms with Gasteiger partial charge in [0, 0.05) is 5.75 Å². The molecular weight excluding hydrogens is 238 g/mol. The van der Waals surface area contributed by atoms with Gasteiger partial charge in [-0.25, -0.2) is 0 Å². The van der Waals surface area contributed by atoms with Crippen LogP contribution in [-0.2, 0) is 5.75 Å². The Labute approximate surface area is 126 Å². The molecule has 0 fully saturated rings. The van der Waals surface area contributed by atoms with Crippen molar-refractivity contribution in [2.75, 3.05) is 12.5 Å². The predicted molar refractivity (Wildman–Crippen MR) is 74.3 cm³/mol. The van der Waals surface area contributed by atoms with Crippen LogP contribution in [0.5, 0.6) is 0 Å². The Hall–Kier alpha value is 0.720. The minimum Gasteiger partial charge on any atom is -1.00 e. The van der Waals surface area contributed by atoms with Gasteiger partial charge in [0.2, 0.25) is 0 Å². The Morgan fingerprint density at radius 3 is 2.29 bits per heavy atom. The second-order valence-electron chi connectivity index (χ2n) is 3.49. The molecule has 1 aromatic carbocycles. The maximum Gasteiger partial charge on any atom is 2.00 e. The first-order valence-electron chi connectivity index (χ1n) is 4.07. The summed E-state index contributed by atoms with van der Waals surface area (Å²) in [5.74, 6) is 0.989. The molecule has 0 bridgehead atoms. The van der Waals surface area contributed by atoms with E-state index in [-0.39, 0.29) is 40.6 Å². The van der Waals surface area contributed by atoms with Crippen LogP contribution in [-0.4, -0.2) is 54.6 Å². The molecular formula is C10H17CaNS2. The molecule has 2 N–H and O–H groups in total. The van der Waals surface area contributed by atoms with Crippen molar-refractivity contribution in [1.29, 1.82) is 0 Å². The number of hydrogen-bond donors (Lipinski definition) is 1. The van der Waals surface area contributed by atoms with Crippen LogP contribution < -0.4 is 5.73 Å². The van der Waals surface area contributed by atoms with E-state index in [0.29, 0.717) is 4.32 Å². The molecule has 0 saturated heterocycles. The van der Waals surface area contributed by atoms with Gasteiger partial charge in [0.05, 0.1) is 0 Å². The fraction of sp³-hybridized carbons (Fsp3) is 0.300. The predicted octanol–water partition coefficient (Wildman–Crippen LogP) is 2.34. The number of nitrogens with two attached hydrogens (primary N) is 1. The van der Waals surface area contributed by atoms with Crippen molar-refractivity contribution in [3.8, 4) is 0 Å². The summed E-state index contributed by atoms with van der Waals surface area (Å²) in [6, 6.07) is 10.3. The summed E-state index contributed by atoms with van der Waals surface area (Å²) in [5.41, 5.74) is 7.00. The zero-order chi connectivity index (χ0) is 9.90. The van der Waals surface area contributed by atoms with Gasteiger partial charge in [0.1, 0.15) is 4.32 Å². The molecule has 0 radical (unpaired) electrons. The molecule has 0 aliphatic rings. The van der Waals surface area contributed by atoms with Crippen LogP contribution in [0.25, 0.3) is 0 Å². The van der Waals surface area contributed by atoms with Crippen molar-refractivity contribution in [1.82, 2.24) is 0 Å². The molecule has 1 aromatic rings. The first-order chi connectivity index (χ1) is 6.02. The SMILES string of the molecule is CS(C)(Cc1ccccc1)C(N)=S.[Ca+2].[H-].[H-]. The summed E-state index contributed by atoms with van der Waals surface area (Å²) in [6.45, 7) is 0. The standard InChI is InChI=1S/C10H15NS2.Ca.2H/c1-13(2,10(11)12)8-9-6-4-3-5-7-9;;;/h3-7H,8H2,1-2H3,(H2,11,12);;;/q;+2;2*-1. The molecule has 0 saturated carbocycles. The van der Waals surface area contributed by atoms with Gasteiger partial charge < -0.3 is 8.59 Å². The summed E-state index contributed by atoms with van der Waals surface area (Å²) in [7, 11) is -0.942.